The lowest BCUT2D eigenvalue weighted by Gasteiger charge is -2.31. The third-order valence-electron chi connectivity index (χ3n) is 5.31. The SMILES string of the molecule is CCOC(=O)N1CCC(NC(=O)C[C@@H](C)CC(=O)Nc2ccc(C(C)C)cc2)CC1. The third-order valence-corrected chi connectivity index (χ3v) is 5.31. The van der Waals surface area contributed by atoms with Gasteiger partial charge in [0.1, 0.15) is 0 Å². The van der Waals surface area contributed by atoms with E-state index in [2.05, 4.69) is 24.5 Å². The minimum atomic E-state index is -0.291. The van der Waals surface area contributed by atoms with E-state index in [4.69, 9.17) is 4.74 Å². The lowest BCUT2D eigenvalue weighted by Crippen LogP contribution is -2.46. The maximum absolute atomic E-state index is 12.3. The van der Waals surface area contributed by atoms with E-state index >= 15 is 0 Å². The Balaban J connectivity index is 1.69. The van der Waals surface area contributed by atoms with Crippen LogP contribution in [0, 0.1) is 5.92 Å². The molecule has 0 aliphatic carbocycles. The zero-order valence-corrected chi connectivity index (χ0v) is 18.6. The lowest BCUT2D eigenvalue weighted by molar-refractivity contribution is -0.123. The van der Waals surface area contributed by atoms with Crippen molar-refractivity contribution in [3.63, 3.8) is 0 Å². The van der Waals surface area contributed by atoms with E-state index in [1.165, 1.54) is 5.56 Å². The molecule has 0 bridgehead atoms. The average Bonchev–Trinajstić information content (AvgIpc) is 2.68. The monoisotopic (exact) mass is 417 g/mol. The molecule has 1 fully saturated rings. The van der Waals surface area contributed by atoms with Crippen molar-refractivity contribution >= 4 is 23.6 Å². The van der Waals surface area contributed by atoms with Crippen LogP contribution >= 0.6 is 0 Å². The number of likely N-dealkylation sites (tertiary alicyclic amines) is 1. The number of hydrogen-bond donors (Lipinski definition) is 2. The van der Waals surface area contributed by atoms with E-state index < -0.39 is 0 Å². The number of rotatable bonds is 8. The number of benzene rings is 1. The predicted molar refractivity (Wildman–Crippen MR) is 117 cm³/mol. The maximum Gasteiger partial charge on any atom is 0.409 e. The van der Waals surface area contributed by atoms with Gasteiger partial charge in [0.2, 0.25) is 11.8 Å². The highest BCUT2D eigenvalue weighted by atomic mass is 16.6. The van der Waals surface area contributed by atoms with Gasteiger partial charge in [-0.05, 0) is 49.3 Å². The molecular weight excluding hydrogens is 382 g/mol. The van der Waals surface area contributed by atoms with Crippen LogP contribution in [0.3, 0.4) is 0 Å². The van der Waals surface area contributed by atoms with Crippen molar-refractivity contribution < 1.29 is 19.1 Å². The van der Waals surface area contributed by atoms with Gasteiger partial charge in [-0.15, -0.1) is 0 Å². The molecule has 1 heterocycles. The summed E-state index contributed by atoms with van der Waals surface area (Å²) in [5.74, 6) is 0.256. The second-order valence-electron chi connectivity index (χ2n) is 8.37. The first-order chi connectivity index (χ1) is 14.3. The van der Waals surface area contributed by atoms with Crippen LogP contribution in [0.1, 0.15) is 64.9 Å². The maximum atomic E-state index is 12.3. The van der Waals surface area contributed by atoms with Crippen LogP contribution in [0.15, 0.2) is 24.3 Å². The first-order valence-electron chi connectivity index (χ1n) is 10.9. The first kappa shape index (κ1) is 23.7. The summed E-state index contributed by atoms with van der Waals surface area (Å²) in [6.07, 6.45) is 1.73. The molecule has 30 heavy (non-hydrogen) atoms. The summed E-state index contributed by atoms with van der Waals surface area (Å²) < 4.78 is 5.01. The molecule has 0 unspecified atom stereocenters. The van der Waals surface area contributed by atoms with Crippen molar-refractivity contribution in [3.8, 4) is 0 Å². The molecule has 0 spiro atoms. The molecule has 1 saturated heterocycles. The third kappa shape index (κ3) is 7.69. The predicted octanol–water partition coefficient (Wildman–Crippen LogP) is 3.90. The fraction of sp³-hybridized carbons (Fsp3) is 0.609. The van der Waals surface area contributed by atoms with Crippen molar-refractivity contribution in [1.82, 2.24) is 10.2 Å². The number of nitrogens with one attached hydrogen (secondary N) is 2. The number of carbonyl (C=O) groups is 3. The number of nitrogens with zero attached hydrogens (tertiary/aromatic N) is 1. The number of anilines is 1. The fourth-order valence-corrected chi connectivity index (χ4v) is 3.58. The highest BCUT2D eigenvalue weighted by Crippen LogP contribution is 2.18. The van der Waals surface area contributed by atoms with Crippen LogP contribution in [0.25, 0.3) is 0 Å². The smallest absolute Gasteiger partial charge is 0.409 e. The van der Waals surface area contributed by atoms with Gasteiger partial charge < -0.3 is 20.3 Å². The molecule has 7 heteroatoms. The van der Waals surface area contributed by atoms with Crippen molar-refractivity contribution in [2.75, 3.05) is 25.0 Å². The molecule has 1 aliphatic rings. The van der Waals surface area contributed by atoms with E-state index in [0.29, 0.717) is 51.3 Å². The van der Waals surface area contributed by atoms with Crippen molar-refractivity contribution in [2.24, 2.45) is 5.92 Å². The zero-order valence-electron chi connectivity index (χ0n) is 18.6. The van der Waals surface area contributed by atoms with Gasteiger partial charge in [0.05, 0.1) is 6.61 Å². The molecule has 1 atom stereocenters. The Labute approximate surface area is 179 Å². The van der Waals surface area contributed by atoms with Crippen molar-refractivity contribution in [2.45, 2.75) is 65.3 Å². The second-order valence-corrected chi connectivity index (χ2v) is 8.37. The molecule has 3 amide bonds. The van der Waals surface area contributed by atoms with Gasteiger partial charge in [0, 0.05) is 37.7 Å². The summed E-state index contributed by atoms with van der Waals surface area (Å²) in [6.45, 7) is 9.48. The lowest BCUT2D eigenvalue weighted by atomic mass is 10.0. The van der Waals surface area contributed by atoms with Crippen LogP contribution in [0.5, 0.6) is 0 Å². The topological polar surface area (TPSA) is 87.7 Å². The van der Waals surface area contributed by atoms with Crippen LogP contribution in [0.4, 0.5) is 10.5 Å². The molecule has 1 aromatic carbocycles. The highest BCUT2D eigenvalue weighted by molar-refractivity contribution is 5.91. The summed E-state index contributed by atoms with van der Waals surface area (Å²) in [5, 5.41) is 5.93. The Morgan fingerprint density at radius 2 is 1.63 bits per heavy atom. The van der Waals surface area contributed by atoms with Crippen molar-refractivity contribution in [3.05, 3.63) is 29.8 Å². The van der Waals surface area contributed by atoms with Crippen LogP contribution < -0.4 is 10.6 Å². The summed E-state index contributed by atoms with van der Waals surface area (Å²) >= 11 is 0. The Morgan fingerprint density at radius 1 is 1.03 bits per heavy atom. The number of carbonyl (C=O) groups excluding carboxylic acids is 3. The van der Waals surface area contributed by atoms with Gasteiger partial charge >= 0.3 is 6.09 Å². The normalized spacial score (nSPS) is 15.6. The Bertz CT molecular complexity index is 710. The molecule has 2 N–H and O–H groups in total. The van der Waals surface area contributed by atoms with E-state index in [1.807, 2.05) is 31.2 Å². The van der Waals surface area contributed by atoms with Crippen LogP contribution in [-0.2, 0) is 14.3 Å². The average molecular weight is 418 g/mol. The summed E-state index contributed by atoms with van der Waals surface area (Å²) in [6, 6.07) is 7.92. The fourth-order valence-electron chi connectivity index (χ4n) is 3.58. The minimum Gasteiger partial charge on any atom is -0.450 e. The number of hydrogen-bond acceptors (Lipinski definition) is 4. The van der Waals surface area contributed by atoms with Crippen LogP contribution in [0.2, 0.25) is 0 Å². The molecule has 7 nitrogen and oxygen atoms in total. The molecule has 166 valence electrons. The van der Waals surface area contributed by atoms with Gasteiger partial charge in [-0.1, -0.05) is 32.9 Å². The second kappa shape index (κ2) is 11.6. The van der Waals surface area contributed by atoms with Gasteiger partial charge in [-0.3, -0.25) is 9.59 Å². The highest BCUT2D eigenvalue weighted by Gasteiger charge is 2.25. The van der Waals surface area contributed by atoms with Gasteiger partial charge in [0.25, 0.3) is 0 Å². The Morgan fingerprint density at radius 3 is 2.20 bits per heavy atom. The zero-order chi connectivity index (χ0) is 22.1. The summed E-state index contributed by atoms with van der Waals surface area (Å²) in [4.78, 5) is 38.0. The minimum absolute atomic E-state index is 0.0498. The molecular formula is C23H35N3O4. The molecule has 1 aliphatic heterocycles. The Hall–Kier alpha value is -2.57. The van der Waals surface area contributed by atoms with Gasteiger partial charge in [-0.2, -0.15) is 0 Å². The van der Waals surface area contributed by atoms with Gasteiger partial charge in [-0.25, -0.2) is 4.79 Å². The molecule has 2 rings (SSSR count). The van der Waals surface area contributed by atoms with Crippen molar-refractivity contribution in [1.29, 1.82) is 0 Å². The van der Waals surface area contributed by atoms with E-state index in [-0.39, 0.29) is 29.9 Å². The summed E-state index contributed by atoms with van der Waals surface area (Å²) in [5.41, 5.74) is 2.00. The van der Waals surface area contributed by atoms with Gasteiger partial charge in [0.15, 0.2) is 0 Å². The molecule has 0 radical (unpaired) electrons. The number of ether oxygens (including phenoxy) is 1. The van der Waals surface area contributed by atoms with E-state index in [9.17, 15) is 14.4 Å². The van der Waals surface area contributed by atoms with E-state index in [0.717, 1.165) is 5.69 Å². The van der Waals surface area contributed by atoms with E-state index in [1.54, 1.807) is 11.8 Å². The first-order valence-corrected chi connectivity index (χ1v) is 10.9. The van der Waals surface area contributed by atoms with Crippen LogP contribution in [-0.4, -0.2) is 48.5 Å². The molecule has 0 aromatic heterocycles. The number of amides is 3. The quantitative estimate of drug-likeness (QED) is 0.671. The molecule has 1 aromatic rings. The largest absolute Gasteiger partial charge is 0.450 e. The Kier molecular flexibility index (Phi) is 9.15. The number of piperidine rings is 1. The standard InChI is InChI=1S/C23H35N3O4/c1-5-30-23(29)26-12-10-20(11-13-26)25-22(28)15-17(4)14-21(27)24-19-8-6-18(7-9-19)16(2)3/h6-9,16-17,20H,5,10-15H2,1-4H3,(H,24,27)(H,25,28)/t17-/m0/s1. The molecule has 0 saturated carbocycles. The summed E-state index contributed by atoms with van der Waals surface area (Å²) in [7, 11) is 0.